The molecule has 2 saturated carbocycles. The maximum Gasteiger partial charge on any atom is 0.256 e. The van der Waals surface area contributed by atoms with E-state index in [0.29, 0.717) is 16.3 Å². The minimum Gasteiger partial charge on any atom is -0.338 e. The molecule has 1 amide bonds. The van der Waals surface area contributed by atoms with E-state index in [2.05, 4.69) is 15.9 Å². The minimum absolute atomic E-state index is 0.149. The second kappa shape index (κ2) is 5.23. The SMILES string of the molecule is O=C(c1ccc(Br)cc1F)N(CC1CC1)CC1CC1. The van der Waals surface area contributed by atoms with Crippen molar-refractivity contribution in [3.8, 4) is 0 Å². The zero-order chi connectivity index (χ0) is 13.4. The molecule has 0 aromatic heterocycles. The van der Waals surface area contributed by atoms with Gasteiger partial charge < -0.3 is 4.90 Å². The zero-order valence-corrected chi connectivity index (χ0v) is 12.3. The lowest BCUT2D eigenvalue weighted by molar-refractivity contribution is 0.0735. The lowest BCUT2D eigenvalue weighted by Gasteiger charge is -2.23. The van der Waals surface area contributed by atoms with Crippen LogP contribution in [0.1, 0.15) is 36.0 Å². The van der Waals surface area contributed by atoms with Gasteiger partial charge >= 0.3 is 0 Å². The Morgan fingerprint density at radius 2 is 1.79 bits per heavy atom. The van der Waals surface area contributed by atoms with Crippen molar-refractivity contribution in [1.82, 2.24) is 4.90 Å². The molecule has 3 rings (SSSR count). The largest absolute Gasteiger partial charge is 0.338 e. The standard InChI is InChI=1S/C15H17BrFNO/c16-12-5-6-13(14(17)7-12)15(19)18(8-10-1-2-10)9-11-3-4-11/h5-7,10-11H,1-4,8-9H2. The van der Waals surface area contributed by atoms with Crippen molar-refractivity contribution >= 4 is 21.8 Å². The smallest absolute Gasteiger partial charge is 0.256 e. The lowest BCUT2D eigenvalue weighted by atomic mass is 10.1. The first-order valence-corrected chi connectivity index (χ1v) is 7.67. The fourth-order valence-electron chi connectivity index (χ4n) is 2.30. The van der Waals surface area contributed by atoms with E-state index in [1.807, 2.05) is 4.90 Å². The van der Waals surface area contributed by atoms with Gasteiger partial charge in [-0.05, 0) is 55.7 Å². The minimum atomic E-state index is -0.434. The van der Waals surface area contributed by atoms with Crippen LogP contribution >= 0.6 is 15.9 Å². The van der Waals surface area contributed by atoms with E-state index in [4.69, 9.17) is 0 Å². The van der Waals surface area contributed by atoms with E-state index in [0.717, 1.165) is 13.1 Å². The van der Waals surface area contributed by atoms with E-state index in [1.165, 1.54) is 31.7 Å². The van der Waals surface area contributed by atoms with Crippen LogP contribution in [0.2, 0.25) is 0 Å². The third kappa shape index (κ3) is 3.35. The zero-order valence-electron chi connectivity index (χ0n) is 10.7. The van der Waals surface area contributed by atoms with Crippen LogP contribution < -0.4 is 0 Å². The molecule has 102 valence electrons. The molecule has 0 bridgehead atoms. The summed E-state index contributed by atoms with van der Waals surface area (Å²) in [5, 5.41) is 0. The van der Waals surface area contributed by atoms with Crippen LogP contribution in [0.5, 0.6) is 0 Å². The molecule has 1 aromatic carbocycles. The van der Waals surface area contributed by atoms with Crippen LogP contribution in [-0.2, 0) is 0 Å². The second-order valence-corrected chi connectivity index (χ2v) is 6.64. The highest BCUT2D eigenvalue weighted by Crippen LogP contribution is 2.34. The first-order valence-electron chi connectivity index (χ1n) is 6.88. The number of rotatable bonds is 5. The van der Waals surface area contributed by atoms with Crippen molar-refractivity contribution in [1.29, 1.82) is 0 Å². The van der Waals surface area contributed by atoms with Crippen molar-refractivity contribution in [2.24, 2.45) is 11.8 Å². The van der Waals surface area contributed by atoms with Crippen LogP contribution in [0.4, 0.5) is 4.39 Å². The number of hydrogen-bond acceptors (Lipinski definition) is 1. The number of amides is 1. The Labute approximate surface area is 121 Å². The van der Waals surface area contributed by atoms with Crippen molar-refractivity contribution < 1.29 is 9.18 Å². The predicted octanol–water partition coefficient (Wildman–Crippen LogP) is 3.85. The molecule has 0 spiro atoms. The maximum absolute atomic E-state index is 13.9. The monoisotopic (exact) mass is 325 g/mol. The quantitative estimate of drug-likeness (QED) is 0.805. The fourth-order valence-corrected chi connectivity index (χ4v) is 2.63. The molecule has 0 heterocycles. The van der Waals surface area contributed by atoms with Gasteiger partial charge in [0.25, 0.3) is 5.91 Å². The number of nitrogens with zero attached hydrogens (tertiary/aromatic N) is 1. The van der Waals surface area contributed by atoms with E-state index >= 15 is 0 Å². The molecule has 0 radical (unpaired) electrons. The summed E-state index contributed by atoms with van der Waals surface area (Å²) in [6, 6.07) is 4.66. The van der Waals surface area contributed by atoms with Gasteiger partial charge in [0.15, 0.2) is 0 Å². The van der Waals surface area contributed by atoms with Crippen LogP contribution in [0, 0.1) is 17.7 Å². The van der Waals surface area contributed by atoms with Crippen LogP contribution in [-0.4, -0.2) is 23.9 Å². The topological polar surface area (TPSA) is 20.3 Å². The molecular weight excluding hydrogens is 309 g/mol. The number of halogens is 2. The second-order valence-electron chi connectivity index (χ2n) is 5.72. The lowest BCUT2D eigenvalue weighted by Crippen LogP contribution is -2.35. The highest BCUT2D eigenvalue weighted by Gasteiger charge is 2.32. The van der Waals surface area contributed by atoms with Crippen molar-refractivity contribution in [3.05, 3.63) is 34.1 Å². The Hall–Kier alpha value is -0.900. The molecule has 4 heteroatoms. The van der Waals surface area contributed by atoms with Crippen molar-refractivity contribution in [2.45, 2.75) is 25.7 Å². The van der Waals surface area contributed by atoms with Gasteiger partial charge in [-0.2, -0.15) is 0 Å². The molecule has 2 aliphatic carbocycles. The highest BCUT2D eigenvalue weighted by atomic mass is 79.9. The Morgan fingerprint density at radius 3 is 2.26 bits per heavy atom. The summed E-state index contributed by atoms with van der Waals surface area (Å²) in [4.78, 5) is 14.3. The van der Waals surface area contributed by atoms with E-state index < -0.39 is 5.82 Å². The van der Waals surface area contributed by atoms with Gasteiger partial charge in [-0.15, -0.1) is 0 Å². The van der Waals surface area contributed by atoms with Crippen LogP contribution in [0.25, 0.3) is 0 Å². The Balaban J connectivity index is 1.76. The van der Waals surface area contributed by atoms with Gasteiger partial charge in [0, 0.05) is 17.6 Å². The predicted molar refractivity (Wildman–Crippen MR) is 75.5 cm³/mol. The summed E-state index contributed by atoms with van der Waals surface area (Å²) in [5.74, 6) is 0.696. The van der Waals surface area contributed by atoms with Gasteiger partial charge in [0.05, 0.1) is 5.56 Å². The number of benzene rings is 1. The van der Waals surface area contributed by atoms with Crippen LogP contribution in [0.15, 0.2) is 22.7 Å². The Bertz CT molecular complexity index is 483. The van der Waals surface area contributed by atoms with Crippen molar-refractivity contribution in [3.63, 3.8) is 0 Å². The van der Waals surface area contributed by atoms with Crippen molar-refractivity contribution in [2.75, 3.05) is 13.1 Å². The molecule has 0 N–H and O–H groups in total. The summed E-state index contributed by atoms with van der Waals surface area (Å²) in [6.07, 6.45) is 4.82. The summed E-state index contributed by atoms with van der Waals surface area (Å²) in [7, 11) is 0. The first-order chi connectivity index (χ1) is 9.13. The van der Waals surface area contributed by atoms with E-state index in [-0.39, 0.29) is 11.5 Å². The average molecular weight is 326 g/mol. The average Bonchev–Trinajstić information content (AvgIpc) is 3.22. The Morgan fingerprint density at radius 1 is 1.21 bits per heavy atom. The summed E-state index contributed by atoms with van der Waals surface area (Å²) >= 11 is 3.22. The molecule has 0 atom stereocenters. The normalized spacial score (nSPS) is 18.4. The third-order valence-corrected chi connectivity index (χ3v) is 4.29. The maximum atomic E-state index is 13.9. The van der Waals surface area contributed by atoms with Gasteiger partial charge in [-0.1, -0.05) is 15.9 Å². The summed E-state index contributed by atoms with van der Waals surface area (Å²) in [6.45, 7) is 1.59. The van der Waals surface area contributed by atoms with Gasteiger partial charge in [-0.25, -0.2) is 4.39 Å². The summed E-state index contributed by atoms with van der Waals surface area (Å²) < 4.78 is 14.6. The van der Waals surface area contributed by atoms with E-state index in [1.54, 1.807) is 12.1 Å². The van der Waals surface area contributed by atoms with E-state index in [9.17, 15) is 9.18 Å². The first kappa shape index (κ1) is 13.1. The molecule has 0 aliphatic heterocycles. The van der Waals surface area contributed by atoms with Gasteiger partial charge in [0.2, 0.25) is 0 Å². The molecule has 1 aromatic rings. The number of hydrogen-bond donors (Lipinski definition) is 0. The highest BCUT2D eigenvalue weighted by molar-refractivity contribution is 9.10. The third-order valence-electron chi connectivity index (χ3n) is 3.80. The Kier molecular flexibility index (Phi) is 3.61. The van der Waals surface area contributed by atoms with Gasteiger partial charge in [0.1, 0.15) is 5.82 Å². The molecule has 2 aliphatic rings. The van der Waals surface area contributed by atoms with Gasteiger partial charge in [-0.3, -0.25) is 4.79 Å². The molecular formula is C15H17BrFNO. The van der Waals surface area contributed by atoms with Crippen LogP contribution in [0.3, 0.4) is 0 Å². The molecule has 19 heavy (non-hydrogen) atoms. The molecule has 2 nitrogen and oxygen atoms in total. The summed E-state index contributed by atoms with van der Waals surface area (Å²) in [5.41, 5.74) is 0.199. The fraction of sp³-hybridized carbons (Fsp3) is 0.533. The molecule has 0 saturated heterocycles. The molecule has 2 fully saturated rings. The number of carbonyl (C=O) groups excluding carboxylic acids is 1. The molecule has 0 unspecified atom stereocenters. The number of carbonyl (C=O) groups is 1.